The van der Waals surface area contributed by atoms with Crippen molar-refractivity contribution in [3.8, 4) is 11.1 Å². The van der Waals surface area contributed by atoms with E-state index in [-0.39, 0.29) is 4.90 Å². The number of hydrogen-bond donors (Lipinski definition) is 1. The quantitative estimate of drug-likeness (QED) is 0.908. The van der Waals surface area contributed by atoms with Crippen molar-refractivity contribution in [2.45, 2.75) is 4.90 Å². The summed E-state index contributed by atoms with van der Waals surface area (Å²) in [5.74, 6) is 0. The number of halogens is 1. The van der Waals surface area contributed by atoms with Gasteiger partial charge in [-0.2, -0.15) is 0 Å². The monoisotopic (exact) mass is 266 g/mol. The SMILES string of the molecule is NS(=O)(=O)c1[c]c(-c2ccccc2Cl)ccc1. The first-order valence-electron chi connectivity index (χ1n) is 4.78. The van der Waals surface area contributed by atoms with E-state index in [0.29, 0.717) is 10.6 Å². The minimum Gasteiger partial charge on any atom is -0.225 e. The Labute approximate surface area is 105 Å². The first-order valence-corrected chi connectivity index (χ1v) is 6.71. The molecular formula is C12H9ClNO2S. The Bertz CT molecular complexity index is 653. The molecule has 87 valence electrons. The molecule has 0 saturated carbocycles. The van der Waals surface area contributed by atoms with Crippen LogP contribution in [0.25, 0.3) is 11.1 Å². The smallest absolute Gasteiger partial charge is 0.225 e. The zero-order valence-corrected chi connectivity index (χ0v) is 10.3. The summed E-state index contributed by atoms with van der Waals surface area (Å²) in [6.07, 6.45) is 0. The summed E-state index contributed by atoms with van der Waals surface area (Å²) in [6.45, 7) is 0. The highest BCUT2D eigenvalue weighted by Crippen LogP contribution is 2.28. The van der Waals surface area contributed by atoms with Crippen LogP contribution in [0.15, 0.2) is 47.4 Å². The number of hydrogen-bond acceptors (Lipinski definition) is 2. The van der Waals surface area contributed by atoms with Crippen molar-refractivity contribution in [1.82, 2.24) is 0 Å². The molecule has 0 aromatic heterocycles. The highest BCUT2D eigenvalue weighted by Gasteiger charge is 2.10. The zero-order chi connectivity index (χ0) is 12.5. The lowest BCUT2D eigenvalue weighted by Gasteiger charge is -2.05. The van der Waals surface area contributed by atoms with E-state index in [1.807, 2.05) is 6.07 Å². The Hall–Kier alpha value is -1.36. The van der Waals surface area contributed by atoms with E-state index >= 15 is 0 Å². The van der Waals surface area contributed by atoms with E-state index in [0.717, 1.165) is 5.56 Å². The lowest BCUT2D eigenvalue weighted by atomic mass is 10.1. The third kappa shape index (κ3) is 2.66. The maximum absolute atomic E-state index is 11.2. The van der Waals surface area contributed by atoms with Crippen LogP contribution < -0.4 is 5.14 Å². The molecule has 2 aromatic rings. The average molecular weight is 267 g/mol. The van der Waals surface area contributed by atoms with Gasteiger partial charge < -0.3 is 0 Å². The molecular weight excluding hydrogens is 258 g/mol. The predicted molar refractivity (Wildman–Crippen MR) is 67.1 cm³/mol. The van der Waals surface area contributed by atoms with Gasteiger partial charge in [0.05, 0.1) is 4.90 Å². The number of benzene rings is 2. The van der Waals surface area contributed by atoms with Gasteiger partial charge in [0.1, 0.15) is 0 Å². The van der Waals surface area contributed by atoms with Gasteiger partial charge in [0.25, 0.3) is 0 Å². The summed E-state index contributed by atoms with van der Waals surface area (Å²) in [7, 11) is -3.74. The summed E-state index contributed by atoms with van der Waals surface area (Å²) < 4.78 is 22.4. The summed E-state index contributed by atoms with van der Waals surface area (Å²) in [6, 6.07) is 14.6. The Kier molecular flexibility index (Phi) is 3.19. The topological polar surface area (TPSA) is 60.2 Å². The van der Waals surface area contributed by atoms with Crippen LogP contribution in [-0.4, -0.2) is 8.42 Å². The molecule has 0 bridgehead atoms. The summed E-state index contributed by atoms with van der Waals surface area (Å²) in [4.78, 5) is -0.0464. The Morgan fingerprint density at radius 3 is 2.41 bits per heavy atom. The highest BCUT2D eigenvalue weighted by atomic mass is 35.5. The van der Waals surface area contributed by atoms with Gasteiger partial charge in [-0.15, -0.1) is 0 Å². The lowest BCUT2D eigenvalue weighted by molar-refractivity contribution is 0.597. The van der Waals surface area contributed by atoms with Crippen LogP contribution in [0.5, 0.6) is 0 Å². The third-order valence-electron chi connectivity index (χ3n) is 2.24. The molecule has 0 amide bonds. The van der Waals surface area contributed by atoms with Crippen LogP contribution in [0.4, 0.5) is 0 Å². The second-order valence-electron chi connectivity index (χ2n) is 3.45. The number of primary sulfonamides is 1. The van der Waals surface area contributed by atoms with Crippen molar-refractivity contribution >= 4 is 21.6 Å². The molecule has 0 aliphatic rings. The van der Waals surface area contributed by atoms with Gasteiger partial charge in [-0.1, -0.05) is 41.9 Å². The van der Waals surface area contributed by atoms with Crippen LogP contribution in [0.1, 0.15) is 0 Å². The number of sulfonamides is 1. The third-order valence-corrected chi connectivity index (χ3v) is 3.42. The molecule has 3 nitrogen and oxygen atoms in total. The minimum atomic E-state index is -3.74. The fourth-order valence-corrected chi connectivity index (χ4v) is 2.21. The minimum absolute atomic E-state index is 0.0464. The molecule has 0 atom stereocenters. The largest absolute Gasteiger partial charge is 0.238 e. The molecule has 0 saturated heterocycles. The predicted octanol–water partition coefficient (Wildman–Crippen LogP) is 2.45. The second kappa shape index (κ2) is 4.49. The molecule has 0 fully saturated rings. The first kappa shape index (κ1) is 12.1. The second-order valence-corrected chi connectivity index (χ2v) is 5.39. The fraction of sp³-hybridized carbons (Fsp3) is 0. The van der Waals surface area contributed by atoms with E-state index in [9.17, 15) is 8.42 Å². The van der Waals surface area contributed by atoms with Gasteiger partial charge in [0.2, 0.25) is 10.0 Å². The summed E-state index contributed by atoms with van der Waals surface area (Å²) in [5.41, 5.74) is 1.32. The van der Waals surface area contributed by atoms with Crippen LogP contribution in [0.3, 0.4) is 0 Å². The van der Waals surface area contributed by atoms with Crippen LogP contribution in [0, 0.1) is 6.07 Å². The van der Waals surface area contributed by atoms with Gasteiger partial charge in [-0.25, -0.2) is 13.6 Å². The normalized spacial score (nSPS) is 11.4. The van der Waals surface area contributed by atoms with Crippen molar-refractivity contribution in [3.05, 3.63) is 53.6 Å². The molecule has 0 aliphatic carbocycles. The molecule has 2 N–H and O–H groups in total. The van der Waals surface area contributed by atoms with Gasteiger partial charge in [0, 0.05) is 16.7 Å². The van der Waals surface area contributed by atoms with E-state index in [1.54, 1.807) is 30.3 Å². The van der Waals surface area contributed by atoms with Gasteiger partial charge >= 0.3 is 0 Å². The molecule has 2 aromatic carbocycles. The molecule has 2 rings (SSSR count). The van der Waals surface area contributed by atoms with Crippen molar-refractivity contribution in [2.24, 2.45) is 5.14 Å². The highest BCUT2D eigenvalue weighted by molar-refractivity contribution is 7.89. The molecule has 0 heterocycles. The van der Waals surface area contributed by atoms with Gasteiger partial charge in [-0.3, -0.25) is 0 Å². The number of rotatable bonds is 2. The molecule has 5 heteroatoms. The number of nitrogens with two attached hydrogens (primary N) is 1. The lowest BCUT2D eigenvalue weighted by Crippen LogP contribution is -2.12. The Morgan fingerprint density at radius 1 is 1.06 bits per heavy atom. The first-order chi connectivity index (χ1) is 7.98. The van der Waals surface area contributed by atoms with Gasteiger partial charge in [0.15, 0.2) is 0 Å². The van der Waals surface area contributed by atoms with Crippen LogP contribution in [0.2, 0.25) is 5.02 Å². The van der Waals surface area contributed by atoms with Gasteiger partial charge in [-0.05, 0) is 17.7 Å². The fourth-order valence-electron chi connectivity index (χ4n) is 1.45. The summed E-state index contributed by atoms with van der Waals surface area (Å²) in [5, 5.41) is 5.59. The summed E-state index contributed by atoms with van der Waals surface area (Å²) >= 11 is 6.02. The van der Waals surface area contributed by atoms with Crippen molar-refractivity contribution < 1.29 is 8.42 Å². The van der Waals surface area contributed by atoms with Crippen molar-refractivity contribution in [1.29, 1.82) is 0 Å². The van der Waals surface area contributed by atoms with Crippen molar-refractivity contribution in [2.75, 3.05) is 0 Å². The van der Waals surface area contributed by atoms with E-state index in [1.165, 1.54) is 6.07 Å². The van der Waals surface area contributed by atoms with E-state index in [4.69, 9.17) is 16.7 Å². The molecule has 0 unspecified atom stereocenters. The Morgan fingerprint density at radius 2 is 1.76 bits per heavy atom. The maximum atomic E-state index is 11.2. The van der Waals surface area contributed by atoms with Crippen LogP contribution in [-0.2, 0) is 10.0 Å². The Balaban J connectivity index is 2.59. The molecule has 17 heavy (non-hydrogen) atoms. The maximum Gasteiger partial charge on any atom is 0.238 e. The molecule has 0 aliphatic heterocycles. The van der Waals surface area contributed by atoms with Crippen molar-refractivity contribution in [3.63, 3.8) is 0 Å². The van der Waals surface area contributed by atoms with E-state index < -0.39 is 10.0 Å². The molecule has 1 radical (unpaired) electrons. The molecule has 0 spiro atoms. The van der Waals surface area contributed by atoms with E-state index in [2.05, 4.69) is 6.07 Å². The average Bonchev–Trinajstić information content (AvgIpc) is 2.29. The van der Waals surface area contributed by atoms with Crippen LogP contribution >= 0.6 is 11.6 Å². The standard InChI is InChI=1S/C12H9ClNO2S/c13-12-7-2-1-6-11(12)9-4-3-5-10(8-9)17(14,15)16/h1-7H,(H2,14,15,16). The zero-order valence-electron chi connectivity index (χ0n) is 8.72.